The summed E-state index contributed by atoms with van der Waals surface area (Å²) in [5.74, 6) is 0.801. The van der Waals surface area contributed by atoms with Crippen LogP contribution in [0.3, 0.4) is 0 Å². The fourth-order valence-electron chi connectivity index (χ4n) is 2.84. The van der Waals surface area contributed by atoms with E-state index in [9.17, 15) is 13.2 Å². The third-order valence-corrected chi connectivity index (χ3v) is 7.36. The lowest BCUT2D eigenvalue weighted by Crippen LogP contribution is -2.46. The molecule has 0 saturated carbocycles. The summed E-state index contributed by atoms with van der Waals surface area (Å²) in [5, 5.41) is 4.82. The Labute approximate surface area is 193 Å². The number of para-hydroxylation sites is 1. The number of hydrogen-bond acceptors (Lipinski definition) is 7. The van der Waals surface area contributed by atoms with E-state index in [2.05, 4.69) is 20.9 Å². The molecule has 0 saturated heterocycles. The van der Waals surface area contributed by atoms with E-state index in [1.165, 1.54) is 18.2 Å². The molecular weight excluding hydrogens is 472 g/mol. The van der Waals surface area contributed by atoms with Crippen LogP contribution >= 0.6 is 23.6 Å². The van der Waals surface area contributed by atoms with Gasteiger partial charge in [0.15, 0.2) is 16.6 Å². The SMILES string of the molecule is O=C(NNC(=S)NCc1ccc2c(c1)OCO2)c1ccccc1NS(=O)(=O)c1cccs1. The predicted molar refractivity (Wildman–Crippen MR) is 124 cm³/mol. The molecule has 0 radical (unpaired) electrons. The summed E-state index contributed by atoms with van der Waals surface area (Å²) >= 11 is 6.28. The number of hydrazine groups is 1. The van der Waals surface area contributed by atoms with Gasteiger partial charge in [-0.2, -0.15) is 0 Å². The molecule has 0 fully saturated rings. The first-order valence-electron chi connectivity index (χ1n) is 9.30. The number of sulfonamides is 1. The predicted octanol–water partition coefficient (Wildman–Crippen LogP) is 2.59. The molecule has 0 bridgehead atoms. The molecule has 9 nitrogen and oxygen atoms in total. The highest BCUT2D eigenvalue weighted by atomic mass is 32.2. The van der Waals surface area contributed by atoms with Crippen molar-refractivity contribution >= 4 is 50.3 Å². The van der Waals surface area contributed by atoms with E-state index < -0.39 is 15.9 Å². The summed E-state index contributed by atoms with van der Waals surface area (Å²) in [4.78, 5) is 12.6. The van der Waals surface area contributed by atoms with Gasteiger partial charge in [0, 0.05) is 6.54 Å². The molecule has 32 heavy (non-hydrogen) atoms. The largest absolute Gasteiger partial charge is 0.454 e. The van der Waals surface area contributed by atoms with Crippen molar-refractivity contribution in [1.82, 2.24) is 16.2 Å². The van der Waals surface area contributed by atoms with Gasteiger partial charge in [-0.25, -0.2) is 8.42 Å². The smallest absolute Gasteiger partial charge is 0.271 e. The number of ether oxygens (including phenoxy) is 2. The second-order valence-electron chi connectivity index (χ2n) is 6.53. The third-order valence-electron chi connectivity index (χ3n) is 4.36. The maximum absolute atomic E-state index is 12.6. The number of amides is 1. The topological polar surface area (TPSA) is 118 Å². The van der Waals surface area contributed by atoms with Gasteiger partial charge in [-0.1, -0.05) is 24.3 Å². The van der Waals surface area contributed by atoms with Crippen molar-refractivity contribution in [3.63, 3.8) is 0 Å². The van der Waals surface area contributed by atoms with Gasteiger partial charge in [0.2, 0.25) is 6.79 Å². The zero-order chi connectivity index (χ0) is 22.6. The maximum Gasteiger partial charge on any atom is 0.271 e. The summed E-state index contributed by atoms with van der Waals surface area (Å²) in [5.41, 5.74) is 6.28. The van der Waals surface area contributed by atoms with Gasteiger partial charge in [0.1, 0.15) is 4.21 Å². The van der Waals surface area contributed by atoms with Crippen LogP contribution in [-0.4, -0.2) is 26.2 Å². The molecule has 1 aliphatic rings. The lowest BCUT2D eigenvalue weighted by atomic mass is 10.2. The molecule has 166 valence electrons. The lowest BCUT2D eigenvalue weighted by molar-refractivity contribution is 0.0944. The Kier molecular flexibility index (Phi) is 6.44. The Balaban J connectivity index is 1.33. The summed E-state index contributed by atoms with van der Waals surface area (Å²) in [7, 11) is -3.79. The molecular formula is C20H18N4O5S3. The van der Waals surface area contributed by atoms with E-state index in [0.717, 1.165) is 16.9 Å². The Bertz CT molecular complexity index is 1250. The summed E-state index contributed by atoms with van der Waals surface area (Å²) in [6, 6.07) is 14.9. The van der Waals surface area contributed by atoms with Crippen molar-refractivity contribution in [3.05, 3.63) is 71.1 Å². The summed E-state index contributed by atoms with van der Waals surface area (Å²) in [6.07, 6.45) is 0. The van der Waals surface area contributed by atoms with Gasteiger partial charge in [-0.15, -0.1) is 11.3 Å². The molecule has 1 aromatic heterocycles. The minimum absolute atomic E-state index is 0.138. The van der Waals surface area contributed by atoms with Gasteiger partial charge in [0.05, 0.1) is 11.3 Å². The second kappa shape index (κ2) is 9.42. The summed E-state index contributed by atoms with van der Waals surface area (Å²) in [6.45, 7) is 0.596. The van der Waals surface area contributed by atoms with Crippen LogP contribution in [0.2, 0.25) is 0 Å². The monoisotopic (exact) mass is 490 g/mol. The molecule has 1 aliphatic heterocycles. The number of fused-ring (bicyclic) bond motifs is 1. The number of anilines is 1. The highest BCUT2D eigenvalue weighted by molar-refractivity contribution is 7.94. The van der Waals surface area contributed by atoms with Crippen LogP contribution in [0.5, 0.6) is 11.5 Å². The molecule has 3 aromatic rings. The number of benzene rings is 2. The fourth-order valence-corrected chi connectivity index (χ4v) is 5.04. The fraction of sp³-hybridized carbons (Fsp3) is 0.100. The Hall–Kier alpha value is -3.35. The van der Waals surface area contributed by atoms with Crippen molar-refractivity contribution < 1.29 is 22.7 Å². The zero-order valence-corrected chi connectivity index (χ0v) is 18.9. The van der Waals surface area contributed by atoms with Gasteiger partial charge in [-0.05, 0) is 53.5 Å². The van der Waals surface area contributed by atoms with Gasteiger partial charge >= 0.3 is 0 Å². The molecule has 2 heterocycles. The van der Waals surface area contributed by atoms with E-state index in [4.69, 9.17) is 21.7 Å². The normalized spacial score (nSPS) is 12.1. The molecule has 0 aliphatic carbocycles. The molecule has 4 rings (SSSR count). The Morgan fingerprint density at radius 2 is 1.84 bits per heavy atom. The molecule has 2 aromatic carbocycles. The van der Waals surface area contributed by atoms with E-state index >= 15 is 0 Å². The van der Waals surface area contributed by atoms with Crippen LogP contribution in [-0.2, 0) is 16.6 Å². The molecule has 0 atom stereocenters. The van der Waals surface area contributed by atoms with Crippen LogP contribution in [0, 0.1) is 0 Å². The number of hydrogen-bond donors (Lipinski definition) is 4. The standard InChI is InChI=1S/C20H18N4O5S3/c25-19(14-4-1-2-5-15(14)24-32(26,27)18-6-3-9-31-18)22-23-20(30)21-11-13-7-8-16-17(10-13)29-12-28-16/h1-10,24H,11-12H2,(H,22,25)(H2,21,23,30). The maximum atomic E-state index is 12.6. The molecule has 1 amide bonds. The number of carbonyl (C=O) groups excluding carboxylic acids is 1. The van der Waals surface area contributed by atoms with Crippen molar-refractivity contribution in [1.29, 1.82) is 0 Å². The number of rotatable bonds is 6. The minimum atomic E-state index is -3.79. The highest BCUT2D eigenvalue weighted by Gasteiger charge is 2.19. The third kappa shape index (κ3) is 5.10. The van der Waals surface area contributed by atoms with E-state index in [-0.39, 0.29) is 27.4 Å². The van der Waals surface area contributed by atoms with Crippen LogP contribution in [0.4, 0.5) is 5.69 Å². The van der Waals surface area contributed by atoms with Gasteiger partial charge < -0.3 is 14.8 Å². The van der Waals surface area contributed by atoms with Gasteiger partial charge in [0.25, 0.3) is 15.9 Å². The van der Waals surface area contributed by atoms with Crippen LogP contribution in [0.1, 0.15) is 15.9 Å². The molecule has 12 heteroatoms. The molecule has 0 spiro atoms. The number of nitrogens with one attached hydrogen (secondary N) is 4. The van der Waals surface area contributed by atoms with Crippen molar-refractivity contribution in [3.8, 4) is 11.5 Å². The van der Waals surface area contributed by atoms with Crippen molar-refractivity contribution in [2.24, 2.45) is 0 Å². The van der Waals surface area contributed by atoms with Crippen molar-refractivity contribution in [2.75, 3.05) is 11.5 Å². The first-order valence-corrected chi connectivity index (χ1v) is 12.1. The van der Waals surface area contributed by atoms with E-state index in [0.29, 0.717) is 18.0 Å². The van der Waals surface area contributed by atoms with Crippen LogP contribution in [0.25, 0.3) is 0 Å². The minimum Gasteiger partial charge on any atom is -0.454 e. The Morgan fingerprint density at radius 1 is 1.03 bits per heavy atom. The number of thiocarbonyl (C=S) groups is 1. The Morgan fingerprint density at radius 3 is 2.66 bits per heavy atom. The second-order valence-corrected chi connectivity index (χ2v) is 9.80. The molecule has 4 N–H and O–H groups in total. The zero-order valence-electron chi connectivity index (χ0n) is 16.5. The number of carbonyl (C=O) groups is 1. The van der Waals surface area contributed by atoms with E-state index in [1.54, 1.807) is 23.6 Å². The highest BCUT2D eigenvalue weighted by Crippen LogP contribution is 2.32. The molecule has 0 unspecified atom stereocenters. The van der Waals surface area contributed by atoms with Crippen molar-refractivity contribution in [2.45, 2.75) is 10.8 Å². The van der Waals surface area contributed by atoms with Crippen LogP contribution < -0.4 is 30.4 Å². The average molecular weight is 491 g/mol. The summed E-state index contributed by atoms with van der Waals surface area (Å²) < 4.78 is 38.2. The quantitative estimate of drug-likeness (QED) is 0.308. The lowest BCUT2D eigenvalue weighted by Gasteiger charge is -2.14. The first-order chi connectivity index (χ1) is 15.4. The average Bonchev–Trinajstić information content (AvgIpc) is 3.48. The first kappa shape index (κ1) is 21.9. The number of thiophene rings is 1. The van der Waals surface area contributed by atoms with E-state index in [1.807, 2.05) is 18.2 Å². The van der Waals surface area contributed by atoms with Gasteiger partial charge in [-0.3, -0.25) is 20.4 Å². The van der Waals surface area contributed by atoms with Crippen LogP contribution in [0.15, 0.2) is 64.2 Å².